The first-order chi connectivity index (χ1) is 19.6. The molecule has 6 nitrogen and oxygen atoms in total. The number of esters is 2. The summed E-state index contributed by atoms with van der Waals surface area (Å²) in [5.74, 6) is 1.06. The Hall–Kier alpha value is -3.80. The van der Waals surface area contributed by atoms with Crippen molar-refractivity contribution in [2.75, 3.05) is 20.8 Å². The van der Waals surface area contributed by atoms with Gasteiger partial charge in [0.05, 0.1) is 32.5 Å². The van der Waals surface area contributed by atoms with Gasteiger partial charge < -0.3 is 18.9 Å². The van der Waals surface area contributed by atoms with Crippen LogP contribution >= 0.6 is 0 Å². The van der Waals surface area contributed by atoms with E-state index in [2.05, 4.69) is 36.4 Å². The molecule has 0 amide bonds. The van der Waals surface area contributed by atoms with Crippen LogP contribution in [-0.4, -0.2) is 38.9 Å². The first-order valence-electron chi connectivity index (χ1n) is 14.3. The summed E-state index contributed by atoms with van der Waals surface area (Å²) in [7, 11) is 2.78. The third-order valence-electron chi connectivity index (χ3n) is 6.88. The van der Waals surface area contributed by atoms with Crippen molar-refractivity contribution in [2.24, 2.45) is 0 Å². The summed E-state index contributed by atoms with van der Waals surface area (Å²) in [6.07, 6.45) is 8.78. The van der Waals surface area contributed by atoms with Crippen LogP contribution in [0.1, 0.15) is 72.9 Å². The SMILES string of the molecule is COC(=O)CCCCC(CCc1ccccc1OCCCCCc1ccccc1)Oc1ccc(C(=O)OC)cc1. The Morgan fingerprint density at radius 1 is 0.700 bits per heavy atom. The van der Waals surface area contributed by atoms with Gasteiger partial charge in [0.15, 0.2) is 0 Å². The monoisotopic (exact) mass is 546 g/mol. The molecule has 1 atom stereocenters. The molecule has 3 aromatic carbocycles. The second kappa shape index (κ2) is 17.7. The zero-order valence-electron chi connectivity index (χ0n) is 23.8. The van der Waals surface area contributed by atoms with E-state index >= 15 is 0 Å². The molecule has 214 valence electrons. The van der Waals surface area contributed by atoms with E-state index in [4.69, 9.17) is 18.9 Å². The molecule has 0 aromatic heterocycles. The van der Waals surface area contributed by atoms with Crippen LogP contribution in [0, 0.1) is 0 Å². The first kappa shape index (κ1) is 30.7. The lowest BCUT2D eigenvalue weighted by molar-refractivity contribution is -0.140. The van der Waals surface area contributed by atoms with Crippen molar-refractivity contribution in [1.29, 1.82) is 0 Å². The van der Waals surface area contributed by atoms with E-state index in [1.165, 1.54) is 19.8 Å². The number of hydrogen-bond donors (Lipinski definition) is 0. The molecule has 0 aliphatic carbocycles. The van der Waals surface area contributed by atoms with Gasteiger partial charge >= 0.3 is 11.9 Å². The first-order valence-corrected chi connectivity index (χ1v) is 14.3. The Morgan fingerprint density at radius 2 is 1.45 bits per heavy atom. The van der Waals surface area contributed by atoms with Gasteiger partial charge in [-0.2, -0.15) is 0 Å². The lowest BCUT2D eigenvalue weighted by atomic mass is 10.0. The molecule has 0 saturated carbocycles. The Morgan fingerprint density at radius 3 is 2.20 bits per heavy atom. The lowest BCUT2D eigenvalue weighted by Gasteiger charge is -2.20. The highest BCUT2D eigenvalue weighted by Gasteiger charge is 2.15. The second-order valence-electron chi connectivity index (χ2n) is 9.87. The fraction of sp³-hybridized carbons (Fsp3) is 0.412. The number of ether oxygens (including phenoxy) is 4. The normalized spacial score (nSPS) is 11.4. The summed E-state index contributed by atoms with van der Waals surface area (Å²) in [4.78, 5) is 23.3. The van der Waals surface area contributed by atoms with Gasteiger partial charge in [-0.1, -0.05) is 48.5 Å². The van der Waals surface area contributed by atoms with Crippen LogP contribution in [0.2, 0.25) is 0 Å². The highest BCUT2D eigenvalue weighted by atomic mass is 16.5. The van der Waals surface area contributed by atoms with E-state index in [0.717, 1.165) is 69.1 Å². The summed E-state index contributed by atoms with van der Waals surface area (Å²) in [6.45, 7) is 0.700. The van der Waals surface area contributed by atoms with E-state index in [9.17, 15) is 9.59 Å². The molecule has 0 N–H and O–H groups in total. The number of aryl methyl sites for hydroxylation is 2. The standard InChI is InChI=1S/C34H42O6/c1-37-33(35)19-11-9-17-30(40-31-24-21-29(22-25-31)34(36)38-2)23-20-28-16-8-10-18-32(28)39-26-12-4-7-15-27-13-5-3-6-14-27/h3,5-6,8,10,13-14,16,18,21-22,24-25,30H,4,7,9,11-12,15,17,19-20,23,26H2,1-2H3. The van der Waals surface area contributed by atoms with Crippen LogP contribution in [0.4, 0.5) is 0 Å². The molecular formula is C34H42O6. The zero-order valence-corrected chi connectivity index (χ0v) is 23.8. The third kappa shape index (κ3) is 11.1. The van der Waals surface area contributed by atoms with E-state index in [-0.39, 0.29) is 18.0 Å². The van der Waals surface area contributed by atoms with Crippen molar-refractivity contribution < 1.29 is 28.5 Å². The number of unbranched alkanes of at least 4 members (excludes halogenated alkanes) is 3. The number of para-hydroxylation sites is 1. The molecule has 0 spiro atoms. The molecule has 0 aliphatic heterocycles. The summed E-state index contributed by atoms with van der Waals surface area (Å²) >= 11 is 0. The van der Waals surface area contributed by atoms with Gasteiger partial charge in [0.1, 0.15) is 11.5 Å². The quantitative estimate of drug-likeness (QED) is 0.122. The number of carbonyl (C=O) groups is 2. The molecule has 0 bridgehead atoms. The molecule has 3 rings (SSSR count). The Kier molecular flexibility index (Phi) is 13.6. The van der Waals surface area contributed by atoms with Crippen molar-refractivity contribution >= 4 is 11.9 Å². The topological polar surface area (TPSA) is 71.1 Å². The summed E-state index contributed by atoms with van der Waals surface area (Å²) in [5.41, 5.74) is 3.03. The minimum Gasteiger partial charge on any atom is -0.493 e. The van der Waals surface area contributed by atoms with Crippen molar-refractivity contribution in [2.45, 2.75) is 70.3 Å². The largest absolute Gasteiger partial charge is 0.493 e. The van der Waals surface area contributed by atoms with Crippen LogP contribution in [0.3, 0.4) is 0 Å². The number of rotatable bonds is 18. The lowest BCUT2D eigenvalue weighted by Crippen LogP contribution is -2.18. The molecule has 0 heterocycles. The van der Waals surface area contributed by atoms with Gasteiger partial charge in [-0.3, -0.25) is 4.79 Å². The third-order valence-corrected chi connectivity index (χ3v) is 6.88. The van der Waals surface area contributed by atoms with Crippen molar-refractivity contribution in [3.8, 4) is 11.5 Å². The molecular weight excluding hydrogens is 504 g/mol. The summed E-state index contributed by atoms with van der Waals surface area (Å²) in [5, 5.41) is 0. The average Bonchev–Trinajstić information content (AvgIpc) is 3.00. The van der Waals surface area contributed by atoms with Gasteiger partial charge in [0, 0.05) is 6.42 Å². The van der Waals surface area contributed by atoms with E-state index < -0.39 is 0 Å². The second-order valence-corrected chi connectivity index (χ2v) is 9.87. The molecule has 40 heavy (non-hydrogen) atoms. The highest BCUT2D eigenvalue weighted by Crippen LogP contribution is 2.24. The van der Waals surface area contributed by atoms with Gasteiger partial charge in [0.2, 0.25) is 0 Å². The molecule has 0 aliphatic rings. The predicted molar refractivity (Wildman–Crippen MR) is 157 cm³/mol. The van der Waals surface area contributed by atoms with E-state index in [0.29, 0.717) is 24.3 Å². The van der Waals surface area contributed by atoms with Gasteiger partial charge in [-0.05, 0) is 99.2 Å². The zero-order chi connectivity index (χ0) is 28.4. The van der Waals surface area contributed by atoms with E-state index in [1.54, 1.807) is 24.3 Å². The molecule has 0 fully saturated rings. The maximum Gasteiger partial charge on any atom is 0.337 e. The molecule has 0 saturated heterocycles. The Labute approximate surface area is 238 Å². The number of methoxy groups -OCH3 is 2. The van der Waals surface area contributed by atoms with Crippen LogP contribution < -0.4 is 9.47 Å². The smallest absolute Gasteiger partial charge is 0.337 e. The number of carbonyl (C=O) groups excluding carboxylic acids is 2. The van der Waals surface area contributed by atoms with Crippen LogP contribution in [0.5, 0.6) is 11.5 Å². The highest BCUT2D eigenvalue weighted by molar-refractivity contribution is 5.89. The minimum absolute atomic E-state index is 0.0485. The maximum absolute atomic E-state index is 11.8. The van der Waals surface area contributed by atoms with Crippen molar-refractivity contribution in [3.63, 3.8) is 0 Å². The number of benzene rings is 3. The van der Waals surface area contributed by atoms with Crippen LogP contribution in [-0.2, 0) is 27.1 Å². The van der Waals surface area contributed by atoms with Crippen LogP contribution in [0.15, 0.2) is 78.9 Å². The minimum atomic E-state index is -0.376. The average molecular weight is 547 g/mol. The summed E-state index contributed by atoms with van der Waals surface area (Å²) in [6, 6.07) is 25.8. The van der Waals surface area contributed by atoms with Crippen molar-refractivity contribution in [3.05, 3.63) is 95.6 Å². The van der Waals surface area contributed by atoms with Gasteiger partial charge in [0.25, 0.3) is 0 Å². The fourth-order valence-electron chi connectivity index (χ4n) is 4.59. The molecule has 3 aromatic rings. The van der Waals surface area contributed by atoms with Gasteiger partial charge in [-0.15, -0.1) is 0 Å². The van der Waals surface area contributed by atoms with E-state index in [1.807, 2.05) is 18.2 Å². The van der Waals surface area contributed by atoms with Crippen LogP contribution in [0.25, 0.3) is 0 Å². The predicted octanol–water partition coefficient (Wildman–Crippen LogP) is 7.38. The fourth-order valence-corrected chi connectivity index (χ4v) is 4.59. The molecule has 1 unspecified atom stereocenters. The number of hydrogen-bond acceptors (Lipinski definition) is 6. The van der Waals surface area contributed by atoms with Gasteiger partial charge in [-0.25, -0.2) is 4.79 Å². The molecule has 6 heteroatoms. The van der Waals surface area contributed by atoms with Crippen molar-refractivity contribution in [1.82, 2.24) is 0 Å². The summed E-state index contributed by atoms with van der Waals surface area (Å²) < 4.78 is 22.1. The Bertz CT molecular complexity index is 1140. The maximum atomic E-state index is 11.8. The molecule has 0 radical (unpaired) electrons. The Balaban J connectivity index is 1.51.